The van der Waals surface area contributed by atoms with E-state index in [1.165, 1.54) is 0 Å². The summed E-state index contributed by atoms with van der Waals surface area (Å²) in [4.78, 5) is 4.26. The summed E-state index contributed by atoms with van der Waals surface area (Å²) in [5.41, 5.74) is 7.27. The van der Waals surface area contributed by atoms with Crippen LogP contribution in [0.3, 0.4) is 0 Å². The summed E-state index contributed by atoms with van der Waals surface area (Å²) in [6.45, 7) is 0.947. The van der Waals surface area contributed by atoms with Crippen LogP contribution < -0.4 is 10.5 Å². The molecule has 1 heterocycles. The van der Waals surface area contributed by atoms with Gasteiger partial charge in [0, 0.05) is 17.7 Å². The van der Waals surface area contributed by atoms with E-state index in [0.29, 0.717) is 28.9 Å². The van der Waals surface area contributed by atoms with Crippen molar-refractivity contribution in [3.05, 3.63) is 57.8 Å². The van der Waals surface area contributed by atoms with E-state index in [1.807, 2.05) is 24.3 Å². The van der Waals surface area contributed by atoms with Crippen molar-refractivity contribution in [2.24, 2.45) is 5.73 Å². The molecule has 3 nitrogen and oxygen atoms in total. The third-order valence-electron chi connectivity index (χ3n) is 2.62. The zero-order valence-electron chi connectivity index (χ0n) is 10.3. The van der Waals surface area contributed by atoms with Crippen LogP contribution in [0.1, 0.15) is 11.3 Å². The molecule has 0 atom stereocenters. The van der Waals surface area contributed by atoms with Gasteiger partial charge in [-0.15, -0.1) is 0 Å². The summed E-state index contributed by atoms with van der Waals surface area (Å²) in [6, 6.07) is 9.24. The highest BCUT2D eigenvalue weighted by Crippen LogP contribution is 2.26. The number of nitrogens with two attached hydrogens (primary N) is 1. The van der Waals surface area contributed by atoms with Crippen LogP contribution in [-0.4, -0.2) is 11.5 Å². The molecule has 1 aromatic carbocycles. The maximum Gasteiger partial charge on any atom is 0.138 e. The number of nitrogens with zero attached hydrogens (tertiary/aromatic N) is 1. The highest BCUT2D eigenvalue weighted by Gasteiger charge is 2.05. The predicted molar refractivity (Wildman–Crippen MR) is 77.8 cm³/mol. The molecule has 0 aliphatic carbocycles. The van der Waals surface area contributed by atoms with Crippen molar-refractivity contribution in [3.8, 4) is 5.75 Å². The highest BCUT2D eigenvalue weighted by atomic mass is 35.5. The molecule has 0 radical (unpaired) electrons. The third-order valence-corrected chi connectivity index (χ3v) is 3.48. The van der Waals surface area contributed by atoms with Crippen molar-refractivity contribution in [1.82, 2.24) is 4.98 Å². The second-order valence-corrected chi connectivity index (χ2v) is 4.81. The molecule has 0 amide bonds. The molecular weight excluding hydrogens is 283 g/mol. The SMILES string of the molecule is NCCc1ccc(OCc2cccc(Cl)c2Cl)cn1. The van der Waals surface area contributed by atoms with Gasteiger partial charge in [-0.1, -0.05) is 35.3 Å². The zero-order chi connectivity index (χ0) is 13.7. The topological polar surface area (TPSA) is 48.1 Å². The molecule has 100 valence electrons. The molecule has 0 aliphatic rings. The van der Waals surface area contributed by atoms with E-state index in [9.17, 15) is 0 Å². The summed E-state index contributed by atoms with van der Waals surface area (Å²) in [5.74, 6) is 0.691. The van der Waals surface area contributed by atoms with Gasteiger partial charge in [-0.05, 0) is 24.7 Å². The molecule has 0 bridgehead atoms. The fourth-order valence-corrected chi connectivity index (χ4v) is 1.99. The van der Waals surface area contributed by atoms with Crippen molar-refractivity contribution >= 4 is 23.2 Å². The molecule has 2 rings (SSSR count). The van der Waals surface area contributed by atoms with Gasteiger partial charge in [-0.3, -0.25) is 4.98 Å². The summed E-state index contributed by atoms with van der Waals surface area (Å²) in [5, 5.41) is 1.05. The van der Waals surface area contributed by atoms with E-state index in [2.05, 4.69) is 4.98 Å². The molecular formula is C14H14Cl2N2O. The van der Waals surface area contributed by atoms with Crippen molar-refractivity contribution < 1.29 is 4.74 Å². The first-order valence-corrected chi connectivity index (χ1v) is 6.67. The van der Waals surface area contributed by atoms with Gasteiger partial charge in [0.1, 0.15) is 12.4 Å². The summed E-state index contributed by atoms with van der Waals surface area (Å²) in [7, 11) is 0. The lowest BCUT2D eigenvalue weighted by Gasteiger charge is -2.08. The zero-order valence-corrected chi connectivity index (χ0v) is 11.8. The Balaban J connectivity index is 2.00. The van der Waals surface area contributed by atoms with Crippen molar-refractivity contribution in [2.45, 2.75) is 13.0 Å². The second kappa shape index (κ2) is 6.75. The van der Waals surface area contributed by atoms with E-state index in [1.54, 1.807) is 12.3 Å². The smallest absolute Gasteiger partial charge is 0.138 e. The molecule has 0 unspecified atom stereocenters. The van der Waals surface area contributed by atoms with Crippen LogP contribution in [0.25, 0.3) is 0 Å². The quantitative estimate of drug-likeness (QED) is 0.919. The fourth-order valence-electron chi connectivity index (χ4n) is 1.61. The van der Waals surface area contributed by atoms with E-state index in [4.69, 9.17) is 33.7 Å². The average Bonchev–Trinajstić information content (AvgIpc) is 2.42. The molecule has 0 aliphatic heterocycles. The monoisotopic (exact) mass is 296 g/mol. The number of ether oxygens (including phenoxy) is 1. The standard InChI is InChI=1S/C14H14Cl2N2O/c15-13-3-1-2-10(14(13)16)9-19-12-5-4-11(6-7-17)18-8-12/h1-5,8H,6-7,9,17H2. The Hall–Kier alpha value is -1.29. The molecule has 0 saturated carbocycles. The Kier molecular flexibility index (Phi) is 5.02. The minimum absolute atomic E-state index is 0.358. The van der Waals surface area contributed by atoms with Gasteiger partial charge < -0.3 is 10.5 Å². The Morgan fingerprint density at radius 3 is 2.68 bits per heavy atom. The lowest BCUT2D eigenvalue weighted by molar-refractivity contribution is 0.305. The van der Waals surface area contributed by atoms with Gasteiger partial charge in [0.25, 0.3) is 0 Å². The fraction of sp³-hybridized carbons (Fsp3) is 0.214. The molecule has 19 heavy (non-hydrogen) atoms. The van der Waals surface area contributed by atoms with Crippen molar-refractivity contribution in [2.75, 3.05) is 6.54 Å². The van der Waals surface area contributed by atoms with Gasteiger partial charge >= 0.3 is 0 Å². The van der Waals surface area contributed by atoms with E-state index in [-0.39, 0.29) is 0 Å². The van der Waals surface area contributed by atoms with Gasteiger partial charge in [0.2, 0.25) is 0 Å². The normalized spacial score (nSPS) is 10.5. The number of halogens is 2. The first-order chi connectivity index (χ1) is 9.20. The Morgan fingerprint density at radius 1 is 1.16 bits per heavy atom. The first kappa shape index (κ1) is 14.1. The highest BCUT2D eigenvalue weighted by molar-refractivity contribution is 6.42. The van der Waals surface area contributed by atoms with Gasteiger partial charge in [-0.2, -0.15) is 0 Å². The van der Waals surface area contributed by atoms with Gasteiger partial charge in [-0.25, -0.2) is 0 Å². The molecule has 0 fully saturated rings. The number of rotatable bonds is 5. The van der Waals surface area contributed by atoms with Crippen molar-refractivity contribution in [1.29, 1.82) is 0 Å². The molecule has 0 spiro atoms. The van der Waals surface area contributed by atoms with Gasteiger partial charge in [0.15, 0.2) is 0 Å². The minimum Gasteiger partial charge on any atom is -0.487 e. The van der Waals surface area contributed by atoms with Crippen LogP contribution in [0.15, 0.2) is 36.5 Å². The van der Waals surface area contributed by atoms with E-state index < -0.39 is 0 Å². The van der Waals surface area contributed by atoms with Crippen LogP contribution in [0.5, 0.6) is 5.75 Å². The number of benzene rings is 1. The van der Waals surface area contributed by atoms with E-state index >= 15 is 0 Å². The molecule has 2 aromatic rings. The lowest BCUT2D eigenvalue weighted by atomic mass is 10.2. The van der Waals surface area contributed by atoms with Crippen molar-refractivity contribution in [3.63, 3.8) is 0 Å². The largest absolute Gasteiger partial charge is 0.487 e. The Labute approximate surface area is 122 Å². The summed E-state index contributed by atoms with van der Waals surface area (Å²) in [6.07, 6.45) is 2.45. The Bertz CT molecular complexity index is 544. The number of hydrogen-bond acceptors (Lipinski definition) is 3. The maximum atomic E-state index is 6.08. The van der Waals surface area contributed by atoms with E-state index in [0.717, 1.165) is 17.7 Å². The molecule has 1 aromatic heterocycles. The summed E-state index contributed by atoms with van der Waals surface area (Å²) >= 11 is 12.0. The predicted octanol–water partition coefficient (Wildman–Crippen LogP) is 3.47. The molecule has 2 N–H and O–H groups in total. The number of aromatic nitrogens is 1. The maximum absolute atomic E-state index is 6.08. The van der Waals surface area contributed by atoms with Gasteiger partial charge in [0.05, 0.1) is 16.2 Å². The first-order valence-electron chi connectivity index (χ1n) is 5.91. The number of pyridine rings is 1. The van der Waals surface area contributed by atoms with Crippen LogP contribution in [-0.2, 0) is 13.0 Å². The lowest BCUT2D eigenvalue weighted by Crippen LogP contribution is -2.04. The van der Waals surface area contributed by atoms with Crippen LogP contribution in [0.4, 0.5) is 0 Å². The summed E-state index contributed by atoms with van der Waals surface area (Å²) < 4.78 is 5.62. The van der Waals surface area contributed by atoms with Crippen LogP contribution in [0, 0.1) is 0 Å². The molecule has 0 saturated heterocycles. The Morgan fingerprint density at radius 2 is 2.00 bits per heavy atom. The second-order valence-electron chi connectivity index (χ2n) is 4.03. The van der Waals surface area contributed by atoms with Crippen LogP contribution >= 0.6 is 23.2 Å². The minimum atomic E-state index is 0.358. The third kappa shape index (κ3) is 3.83. The molecule has 5 heteroatoms. The van der Waals surface area contributed by atoms with Crippen LogP contribution in [0.2, 0.25) is 10.0 Å². The average molecular weight is 297 g/mol. The number of hydrogen-bond donors (Lipinski definition) is 1.